The van der Waals surface area contributed by atoms with Crippen molar-refractivity contribution in [3.8, 4) is 0 Å². The number of nitrogens with two attached hydrogens (primary N) is 8. The van der Waals surface area contributed by atoms with Crippen molar-refractivity contribution in [1.82, 2.24) is 35.6 Å². The summed E-state index contributed by atoms with van der Waals surface area (Å²) in [6.07, 6.45) is 7.21. The minimum Gasteiger partial charge on any atom is -0.370 e. The smallest absolute Gasteiger partial charge is 0.246 e. The fourth-order valence-corrected chi connectivity index (χ4v) is 9.66. The molecule has 0 aliphatic carbocycles. The van der Waals surface area contributed by atoms with E-state index < -0.39 is 77.9 Å². The third-order valence-corrected chi connectivity index (χ3v) is 13.2. The molecule has 26 nitrogen and oxygen atoms in total. The Morgan fingerprint density at radius 2 is 0.886 bits per heavy atom. The minimum absolute atomic E-state index is 0.0593. The average Bonchev–Trinajstić information content (AvgIpc) is 4.18. The van der Waals surface area contributed by atoms with Crippen molar-refractivity contribution in [1.29, 1.82) is 0 Å². The highest BCUT2D eigenvalue weighted by Gasteiger charge is 2.45. The van der Waals surface area contributed by atoms with Crippen LogP contribution in [0.2, 0.25) is 0 Å². The summed E-state index contributed by atoms with van der Waals surface area (Å²) >= 11 is 0. The highest BCUT2D eigenvalue weighted by Crippen LogP contribution is 2.27. The molecule has 4 saturated heterocycles. The molecule has 0 spiro atoms. The zero-order valence-corrected chi connectivity index (χ0v) is 40.4. The molecule has 7 amide bonds. The summed E-state index contributed by atoms with van der Waals surface area (Å²) in [5.74, 6) is -3.65. The number of carbonyl (C=O) groups is 8. The van der Waals surface area contributed by atoms with Crippen LogP contribution in [0.4, 0.5) is 0 Å². The number of carbonyl (C=O) groups excluding carboxylic acids is 8. The van der Waals surface area contributed by atoms with E-state index in [1.165, 1.54) is 19.6 Å². The van der Waals surface area contributed by atoms with Gasteiger partial charge in [0, 0.05) is 45.8 Å². The molecule has 8 atom stereocenters. The maximum atomic E-state index is 14.5. The number of hydrogen-bond donors (Lipinski definition) is 11. The molecule has 4 aliphatic rings. The second kappa shape index (κ2) is 28.4. The number of guanidine groups is 3. The van der Waals surface area contributed by atoms with Gasteiger partial charge in [-0.05, 0) is 116 Å². The molecule has 19 N–H and O–H groups in total. The molecule has 4 rings (SSSR count). The van der Waals surface area contributed by atoms with E-state index in [0.717, 1.165) is 0 Å². The standard InChI is InChI=1S/C44H78N18O8/c45-18-2-1-12-29(57-37(66)33-16-8-24-61(33)41(70)34-17-9-25-62(34)38(67)28(46)11-4-20-54-43(49)50)39(68)60-23-7-15-32(60)36(65)58-30(13-5-21-55-44(51)52)40(69)59-22-6-14-31(59)35(64)56-27(26-63)10-3-19-53-42(47)48/h26-34H,1-25,45-46H2,(H,56,64)(H,57,66)(H,58,65)(H4,47,48,53)(H4,49,50,54)(H4,51,52,55)/t27-,28-,29-,30-,31-,32-,33-,34-/m0/s1. The van der Waals surface area contributed by atoms with Gasteiger partial charge in [-0.25, -0.2) is 0 Å². The molecular formula is C44H78N18O8. The Labute approximate surface area is 409 Å². The molecule has 4 heterocycles. The van der Waals surface area contributed by atoms with Crippen LogP contribution in [0.1, 0.15) is 109 Å². The lowest BCUT2D eigenvalue weighted by Crippen LogP contribution is -2.59. The first-order valence-electron chi connectivity index (χ1n) is 24.7. The van der Waals surface area contributed by atoms with Gasteiger partial charge in [-0.2, -0.15) is 0 Å². The minimum atomic E-state index is -1.13. The number of unbranched alkanes of at least 4 members (excludes halogenated alkanes) is 1. The molecular weight excluding hydrogens is 909 g/mol. The molecule has 0 aromatic heterocycles. The Morgan fingerprint density at radius 1 is 0.500 bits per heavy atom. The van der Waals surface area contributed by atoms with E-state index in [1.54, 1.807) is 0 Å². The first-order valence-corrected chi connectivity index (χ1v) is 24.7. The highest BCUT2D eigenvalue weighted by atomic mass is 16.2. The van der Waals surface area contributed by atoms with Crippen molar-refractivity contribution in [2.24, 2.45) is 60.8 Å². The van der Waals surface area contributed by atoms with Crippen LogP contribution in [0.15, 0.2) is 15.0 Å². The third kappa shape index (κ3) is 16.4. The number of rotatable bonds is 27. The second-order valence-electron chi connectivity index (χ2n) is 18.4. The van der Waals surface area contributed by atoms with Crippen LogP contribution in [0.3, 0.4) is 0 Å². The Kier molecular flexibility index (Phi) is 22.8. The Morgan fingerprint density at radius 3 is 1.34 bits per heavy atom. The van der Waals surface area contributed by atoms with Gasteiger partial charge in [0.05, 0.1) is 12.1 Å². The van der Waals surface area contributed by atoms with Crippen LogP contribution in [-0.4, -0.2) is 186 Å². The number of amides is 7. The second-order valence-corrected chi connectivity index (χ2v) is 18.4. The normalized spacial score (nSPS) is 21.5. The Bertz CT molecular complexity index is 1910. The molecule has 0 aromatic carbocycles. The van der Waals surface area contributed by atoms with Gasteiger partial charge in [0.15, 0.2) is 17.9 Å². The van der Waals surface area contributed by atoms with Gasteiger partial charge in [-0.1, -0.05) is 0 Å². The largest absolute Gasteiger partial charge is 0.370 e. The van der Waals surface area contributed by atoms with Gasteiger partial charge in [-0.15, -0.1) is 0 Å². The molecule has 0 aromatic rings. The van der Waals surface area contributed by atoms with E-state index in [0.29, 0.717) is 103 Å². The fourth-order valence-electron chi connectivity index (χ4n) is 9.66. The van der Waals surface area contributed by atoms with Gasteiger partial charge in [0.1, 0.15) is 42.5 Å². The van der Waals surface area contributed by atoms with Crippen molar-refractivity contribution in [2.45, 2.75) is 157 Å². The van der Waals surface area contributed by atoms with Crippen LogP contribution in [0.25, 0.3) is 0 Å². The summed E-state index contributed by atoms with van der Waals surface area (Å²) in [5, 5.41) is 8.50. The Balaban J connectivity index is 1.46. The fraction of sp³-hybridized carbons (Fsp3) is 0.750. The molecule has 0 radical (unpaired) electrons. The molecule has 4 aliphatic heterocycles. The van der Waals surface area contributed by atoms with Crippen LogP contribution in [0, 0.1) is 0 Å². The van der Waals surface area contributed by atoms with Crippen molar-refractivity contribution in [3.05, 3.63) is 0 Å². The summed E-state index contributed by atoms with van der Waals surface area (Å²) in [6.45, 7) is 2.14. The zero-order valence-electron chi connectivity index (χ0n) is 40.4. The highest BCUT2D eigenvalue weighted by molar-refractivity contribution is 5.98. The number of aliphatic imine (C=N–C) groups is 3. The summed E-state index contributed by atoms with van der Waals surface area (Å²) in [6, 6.07) is -7.48. The predicted octanol–water partition coefficient (Wildman–Crippen LogP) is -4.78. The first-order chi connectivity index (χ1) is 33.5. The van der Waals surface area contributed by atoms with Crippen LogP contribution < -0.4 is 61.8 Å². The van der Waals surface area contributed by atoms with E-state index in [9.17, 15) is 38.4 Å². The number of likely N-dealkylation sites (tertiary alicyclic amines) is 4. The van der Waals surface area contributed by atoms with Crippen molar-refractivity contribution >= 4 is 65.5 Å². The van der Waals surface area contributed by atoms with E-state index in [4.69, 9.17) is 45.9 Å². The Hall–Kier alpha value is -6.31. The molecule has 0 bridgehead atoms. The summed E-state index contributed by atoms with van der Waals surface area (Å²) in [4.78, 5) is 128. The first kappa shape index (κ1) is 56.3. The topological polar surface area (TPSA) is 431 Å². The number of hydrogen-bond acceptors (Lipinski definition) is 13. The molecule has 26 heteroatoms. The van der Waals surface area contributed by atoms with Crippen LogP contribution in [-0.2, 0) is 38.4 Å². The van der Waals surface area contributed by atoms with E-state index >= 15 is 0 Å². The van der Waals surface area contributed by atoms with Gasteiger partial charge in [-0.3, -0.25) is 48.5 Å². The number of nitrogens with one attached hydrogen (secondary N) is 3. The maximum absolute atomic E-state index is 14.5. The average molecular weight is 987 g/mol. The lowest BCUT2D eigenvalue weighted by Gasteiger charge is -2.34. The van der Waals surface area contributed by atoms with Gasteiger partial charge < -0.3 is 86.2 Å². The van der Waals surface area contributed by atoms with E-state index in [1.807, 2.05) is 0 Å². The summed E-state index contributed by atoms with van der Waals surface area (Å²) < 4.78 is 0. The van der Waals surface area contributed by atoms with Crippen LogP contribution >= 0.6 is 0 Å². The SMILES string of the molecule is NCCCC[C@H](NC(=O)[C@@H]1CCCN1C(=O)[C@@H]1CCCN1C(=O)[C@@H](N)CCCN=C(N)N)C(=O)N1CCC[C@H]1C(=O)N[C@@H](CCCN=C(N)N)C(=O)N1CCC[C@H]1C(=O)N[C@H](C=O)CCCN=C(N)N. The van der Waals surface area contributed by atoms with Crippen molar-refractivity contribution in [3.63, 3.8) is 0 Å². The van der Waals surface area contributed by atoms with Gasteiger partial charge in [0.2, 0.25) is 41.4 Å². The van der Waals surface area contributed by atoms with Crippen molar-refractivity contribution in [2.75, 3.05) is 52.4 Å². The van der Waals surface area contributed by atoms with E-state index in [2.05, 4.69) is 30.9 Å². The summed E-state index contributed by atoms with van der Waals surface area (Å²) in [5.41, 5.74) is 44.7. The molecule has 0 unspecified atom stereocenters. The van der Waals surface area contributed by atoms with E-state index in [-0.39, 0.29) is 94.5 Å². The lowest BCUT2D eigenvalue weighted by atomic mass is 10.0. The molecule has 70 heavy (non-hydrogen) atoms. The molecule has 4 fully saturated rings. The number of nitrogens with zero attached hydrogens (tertiary/aromatic N) is 7. The molecule has 392 valence electrons. The zero-order chi connectivity index (χ0) is 51.3. The molecule has 0 saturated carbocycles. The quantitative estimate of drug-likeness (QED) is 0.0159. The van der Waals surface area contributed by atoms with Crippen LogP contribution in [0.5, 0.6) is 0 Å². The predicted molar refractivity (Wildman–Crippen MR) is 261 cm³/mol. The van der Waals surface area contributed by atoms with Crippen molar-refractivity contribution < 1.29 is 38.4 Å². The van der Waals surface area contributed by atoms with Gasteiger partial charge in [0.25, 0.3) is 0 Å². The lowest BCUT2D eigenvalue weighted by molar-refractivity contribution is -0.148. The summed E-state index contributed by atoms with van der Waals surface area (Å²) in [7, 11) is 0. The van der Waals surface area contributed by atoms with Gasteiger partial charge >= 0.3 is 0 Å². The maximum Gasteiger partial charge on any atom is 0.246 e. The number of aldehydes is 1. The third-order valence-electron chi connectivity index (χ3n) is 13.2. The monoisotopic (exact) mass is 987 g/mol.